The van der Waals surface area contributed by atoms with Gasteiger partial charge in [-0.05, 0) is 38.8 Å². The molecule has 170 valence electrons. The van der Waals surface area contributed by atoms with E-state index in [2.05, 4.69) is 4.98 Å². The van der Waals surface area contributed by atoms with Gasteiger partial charge in [-0.1, -0.05) is 48.5 Å². The molecule has 0 spiro atoms. The maximum atomic E-state index is 13.6. The number of nitrogens with zero attached hydrogens (tertiary/aromatic N) is 2. The number of amides is 1. The van der Waals surface area contributed by atoms with Crippen LogP contribution in [0.2, 0.25) is 0 Å². The average Bonchev–Trinajstić information content (AvgIpc) is 3.28. The highest BCUT2D eigenvalue weighted by Gasteiger charge is 2.45. The monoisotopic (exact) mass is 462 g/mol. The smallest absolute Gasteiger partial charge is 0.290 e. The van der Waals surface area contributed by atoms with Gasteiger partial charge >= 0.3 is 0 Å². The molecule has 4 rings (SSSR count). The molecular formula is C26H26N2O4S. The van der Waals surface area contributed by atoms with Gasteiger partial charge in [0, 0.05) is 12.1 Å². The van der Waals surface area contributed by atoms with Crippen molar-refractivity contribution in [3.63, 3.8) is 0 Å². The molecule has 3 aromatic rings. The predicted molar refractivity (Wildman–Crippen MR) is 128 cm³/mol. The fourth-order valence-electron chi connectivity index (χ4n) is 4.19. The van der Waals surface area contributed by atoms with Crippen LogP contribution < -0.4 is 4.74 Å². The number of hydrogen-bond donors (Lipinski definition) is 1. The zero-order chi connectivity index (χ0) is 23.5. The van der Waals surface area contributed by atoms with Crippen molar-refractivity contribution in [3.8, 4) is 5.75 Å². The molecule has 1 aliphatic heterocycles. The molecule has 1 atom stereocenters. The minimum absolute atomic E-state index is 0.0759. The molecule has 1 unspecified atom stereocenters. The van der Waals surface area contributed by atoms with Crippen molar-refractivity contribution in [2.45, 2.75) is 33.2 Å². The number of aromatic nitrogens is 1. The van der Waals surface area contributed by atoms with Crippen molar-refractivity contribution in [2.24, 2.45) is 0 Å². The Hall–Kier alpha value is -3.45. The minimum atomic E-state index is -0.752. The van der Waals surface area contributed by atoms with Crippen molar-refractivity contribution in [1.29, 1.82) is 0 Å². The van der Waals surface area contributed by atoms with Crippen molar-refractivity contribution < 1.29 is 19.4 Å². The number of Topliss-reactive ketones (excluding diaryl/α,β-unsaturated/α-hetero) is 1. The van der Waals surface area contributed by atoms with Gasteiger partial charge in [0.15, 0.2) is 5.76 Å². The molecule has 33 heavy (non-hydrogen) atoms. The van der Waals surface area contributed by atoms with Crippen molar-refractivity contribution >= 4 is 23.0 Å². The van der Waals surface area contributed by atoms with Crippen molar-refractivity contribution in [3.05, 3.63) is 92.6 Å². The Kier molecular flexibility index (Phi) is 6.60. The predicted octanol–water partition coefficient (Wildman–Crippen LogP) is 4.98. The summed E-state index contributed by atoms with van der Waals surface area (Å²) in [5, 5.41) is 11.7. The normalized spacial score (nSPS) is 15.9. The van der Waals surface area contributed by atoms with E-state index in [0.717, 1.165) is 10.6 Å². The van der Waals surface area contributed by atoms with E-state index in [1.54, 1.807) is 11.8 Å². The molecule has 1 N–H and O–H groups in total. The highest BCUT2D eigenvalue weighted by Crippen LogP contribution is 2.43. The second-order valence-corrected chi connectivity index (χ2v) is 9.05. The number of carbonyl (C=O) groups is 2. The summed E-state index contributed by atoms with van der Waals surface area (Å²) in [5.41, 5.74) is 2.41. The number of carbonyl (C=O) groups excluding carboxylic acids is 2. The van der Waals surface area contributed by atoms with E-state index in [-0.39, 0.29) is 11.4 Å². The van der Waals surface area contributed by atoms with Crippen LogP contribution in [-0.4, -0.2) is 39.8 Å². The zero-order valence-electron chi connectivity index (χ0n) is 18.9. The van der Waals surface area contributed by atoms with Crippen LogP contribution >= 0.6 is 11.3 Å². The summed E-state index contributed by atoms with van der Waals surface area (Å²) in [6.07, 6.45) is 0.591. The fraction of sp³-hybridized carbons (Fsp3) is 0.269. The van der Waals surface area contributed by atoms with Gasteiger partial charge in [0.1, 0.15) is 5.75 Å². The van der Waals surface area contributed by atoms with Gasteiger partial charge in [-0.2, -0.15) is 0 Å². The Bertz CT molecular complexity index is 1220. The molecule has 2 heterocycles. The van der Waals surface area contributed by atoms with Gasteiger partial charge < -0.3 is 14.7 Å². The number of aliphatic hydroxyl groups is 1. The van der Waals surface area contributed by atoms with Gasteiger partial charge in [-0.25, -0.2) is 4.98 Å². The fourth-order valence-corrected chi connectivity index (χ4v) is 5.07. The molecule has 0 aliphatic carbocycles. The lowest BCUT2D eigenvalue weighted by molar-refractivity contribution is -0.129. The van der Waals surface area contributed by atoms with Crippen molar-refractivity contribution in [1.82, 2.24) is 9.88 Å². The summed E-state index contributed by atoms with van der Waals surface area (Å²) < 4.78 is 5.83. The average molecular weight is 463 g/mol. The number of ether oxygens (including phenoxy) is 1. The van der Waals surface area contributed by atoms with E-state index >= 15 is 0 Å². The third-order valence-corrected chi connectivity index (χ3v) is 6.73. The van der Waals surface area contributed by atoms with Crippen LogP contribution in [0.5, 0.6) is 5.75 Å². The number of aliphatic hydroxyl groups excluding tert-OH is 1. The zero-order valence-corrected chi connectivity index (χ0v) is 19.7. The van der Waals surface area contributed by atoms with E-state index < -0.39 is 17.7 Å². The number of rotatable bonds is 8. The van der Waals surface area contributed by atoms with E-state index in [1.807, 2.05) is 68.4 Å². The first-order valence-electron chi connectivity index (χ1n) is 10.9. The molecule has 0 bridgehead atoms. The van der Waals surface area contributed by atoms with E-state index in [4.69, 9.17) is 4.74 Å². The Labute approximate surface area is 197 Å². The van der Waals surface area contributed by atoms with Crippen LogP contribution in [0.4, 0.5) is 0 Å². The number of benzene rings is 2. The molecule has 0 saturated heterocycles. The molecule has 1 aliphatic rings. The van der Waals surface area contributed by atoms with E-state index in [0.29, 0.717) is 41.5 Å². The summed E-state index contributed by atoms with van der Waals surface area (Å²) >= 11 is 1.27. The van der Waals surface area contributed by atoms with Gasteiger partial charge in [-0.15, -0.1) is 11.3 Å². The number of para-hydroxylation sites is 1. The molecule has 2 aromatic carbocycles. The number of ketones is 1. The first-order chi connectivity index (χ1) is 15.9. The van der Waals surface area contributed by atoms with Crippen LogP contribution in [0.15, 0.2) is 65.9 Å². The summed E-state index contributed by atoms with van der Waals surface area (Å²) in [6.45, 7) is 6.26. The van der Waals surface area contributed by atoms with Crippen LogP contribution in [-0.2, 0) is 11.2 Å². The second kappa shape index (κ2) is 9.58. The summed E-state index contributed by atoms with van der Waals surface area (Å²) in [6, 6.07) is 16.4. The third-order valence-electron chi connectivity index (χ3n) is 5.66. The van der Waals surface area contributed by atoms with E-state index in [9.17, 15) is 14.7 Å². The summed E-state index contributed by atoms with van der Waals surface area (Å²) in [5.74, 6) is -0.846. The molecule has 7 heteroatoms. The molecule has 0 saturated carbocycles. The summed E-state index contributed by atoms with van der Waals surface area (Å²) in [4.78, 5) is 33.2. The largest absolute Gasteiger partial charge is 0.503 e. The first-order valence-corrected chi connectivity index (χ1v) is 11.7. The van der Waals surface area contributed by atoms with Gasteiger partial charge in [0.25, 0.3) is 5.91 Å². The highest BCUT2D eigenvalue weighted by atomic mass is 32.1. The number of hydrogen-bond acceptors (Lipinski definition) is 6. The Balaban J connectivity index is 1.79. The molecule has 1 aromatic heterocycles. The third kappa shape index (κ3) is 4.41. The van der Waals surface area contributed by atoms with Crippen molar-refractivity contribution in [2.75, 3.05) is 13.2 Å². The SMILES string of the molecule is CCOc1ccccc1C1C(C(=O)c2sc(C)nc2C)=C(O)C(=O)N1CCc1ccccc1. The van der Waals surface area contributed by atoms with Crippen LogP contribution in [0.1, 0.15) is 44.5 Å². The van der Waals surface area contributed by atoms with Crippen LogP contribution in [0.25, 0.3) is 0 Å². The summed E-state index contributed by atoms with van der Waals surface area (Å²) in [7, 11) is 0. The number of thiazole rings is 1. The van der Waals surface area contributed by atoms with Crippen LogP contribution in [0.3, 0.4) is 0 Å². The first kappa shape index (κ1) is 22.7. The van der Waals surface area contributed by atoms with Gasteiger partial charge in [0.2, 0.25) is 5.78 Å². The molecule has 1 amide bonds. The Morgan fingerprint density at radius 2 is 1.82 bits per heavy atom. The van der Waals surface area contributed by atoms with Gasteiger partial charge in [-0.3, -0.25) is 9.59 Å². The lowest BCUT2D eigenvalue weighted by Crippen LogP contribution is -2.33. The van der Waals surface area contributed by atoms with Gasteiger partial charge in [0.05, 0.1) is 33.8 Å². The van der Waals surface area contributed by atoms with E-state index in [1.165, 1.54) is 11.3 Å². The maximum Gasteiger partial charge on any atom is 0.290 e. The number of aryl methyl sites for hydroxylation is 2. The lowest BCUT2D eigenvalue weighted by atomic mass is 9.94. The second-order valence-electron chi connectivity index (χ2n) is 7.85. The van der Waals surface area contributed by atoms with Crippen LogP contribution in [0, 0.1) is 13.8 Å². The topological polar surface area (TPSA) is 79.7 Å². The lowest BCUT2D eigenvalue weighted by Gasteiger charge is -2.28. The molecule has 0 fully saturated rings. The molecular weight excluding hydrogens is 436 g/mol. The molecule has 0 radical (unpaired) electrons. The Morgan fingerprint density at radius 1 is 1.12 bits per heavy atom. The minimum Gasteiger partial charge on any atom is -0.503 e. The Morgan fingerprint density at radius 3 is 2.48 bits per heavy atom. The maximum absolute atomic E-state index is 13.6. The standard InChI is InChI=1S/C26H26N2O4S/c1-4-32-20-13-9-8-12-19(20)22-21(23(29)25-16(2)27-17(3)33-25)24(30)26(31)28(22)15-14-18-10-6-5-7-11-18/h5-13,22,30H,4,14-15H2,1-3H3. The quantitative estimate of drug-likeness (QED) is 0.478. The highest BCUT2D eigenvalue weighted by molar-refractivity contribution is 7.14. The molecule has 6 nitrogen and oxygen atoms in total.